The highest BCUT2D eigenvalue weighted by Crippen LogP contribution is 2.40. The Morgan fingerprint density at radius 1 is 1.50 bits per heavy atom. The van der Waals surface area contributed by atoms with Gasteiger partial charge in [-0.25, -0.2) is 4.79 Å². The third kappa shape index (κ3) is 4.37. The van der Waals surface area contributed by atoms with E-state index in [4.69, 9.17) is 9.15 Å². The Bertz CT molecular complexity index is 983. The molecule has 8 heteroatoms. The molecular formula is C20H19BrN2O4S. The summed E-state index contributed by atoms with van der Waals surface area (Å²) in [5.41, 5.74) is 1.26. The number of carbonyl (C=O) groups is 2. The Labute approximate surface area is 175 Å². The summed E-state index contributed by atoms with van der Waals surface area (Å²) in [6.45, 7) is 4.17. The second-order valence-electron chi connectivity index (χ2n) is 6.54. The van der Waals surface area contributed by atoms with Crippen LogP contribution in [-0.2, 0) is 22.4 Å². The van der Waals surface area contributed by atoms with Crippen molar-refractivity contribution in [2.75, 3.05) is 11.9 Å². The lowest BCUT2D eigenvalue weighted by Gasteiger charge is -2.18. The van der Waals surface area contributed by atoms with Crippen LogP contribution in [0.4, 0.5) is 5.00 Å². The van der Waals surface area contributed by atoms with Gasteiger partial charge in [0.1, 0.15) is 22.4 Å². The zero-order valence-corrected chi connectivity index (χ0v) is 17.9. The normalized spacial score (nSPS) is 16.2. The summed E-state index contributed by atoms with van der Waals surface area (Å²) in [6, 6.07) is 5.20. The summed E-state index contributed by atoms with van der Waals surface area (Å²) in [4.78, 5) is 26.3. The van der Waals surface area contributed by atoms with Crippen LogP contribution in [-0.4, -0.2) is 18.5 Å². The number of rotatable bonds is 5. The van der Waals surface area contributed by atoms with Crippen LogP contribution in [0.3, 0.4) is 0 Å². The first-order chi connectivity index (χ1) is 13.4. The third-order valence-corrected chi connectivity index (χ3v) is 6.06. The van der Waals surface area contributed by atoms with Crippen molar-refractivity contribution in [2.45, 2.75) is 33.1 Å². The molecule has 3 rings (SSSR count). The van der Waals surface area contributed by atoms with Gasteiger partial charge in [0, 0.05) is 11.0 Å². The summed E-state index contributed by atoms with van der Waals surface area (Å²) in [5, 5.41) is 12.6. The second-order valence-corrected chi connectivity index (χ2v) is 8.43. The molecule has 2 heterocycles. The van der Waals surface area contributed by atoms with Gasteiger partial charge in [-0.3, -0.25) is 4.79 Å². The molecule has 0 radical (unpaired) electrons. The van der Waals surface area contributed by atoms with Crippen LogP contribution < -0.4 is 5.32 Å². The number of anilines is 1. The highest BCUT2D eigenvalue weighted by atomic mass is 79.9. The van der Waals surface area contributed by atoms with E-state index in [9.17, 15) is 14.9 Å². The van der Waals surface area contributed by atoms with Crippen LogP contribution in [0.25, 0.3) is 6.08 Å². The molecule has 28 heavy (non-hydrogen) atoms. The summed E-state index contributed by atoms with van der Waals surface area (Å²) in [6.07, 6.45) is 3.99. The predicted molar refractivity (Wildman–Crippen MR) is 110 cm³/mol. The molecule has 1 atom stereocenters. The molecule has 2 aromatic heterocycles. The van der Waals surface area contributed by atoms with E-state index >= 15 is 0 Å². The van der Waals surface area contributed by atoms with Crippen molar-refractivity contribution in [1.82, 2.24) is 0 Å². The average molecular weight is 463 g/mol. The minimum atomic E-state index is -0.591. The van der Waals surface area contributed by atoms with Crippen LogP contribution in [0.1, 0.15) is 46.8 Å². The molecule has 0 saturated carbocycles. The number of hydrogen-bond donors (Lipinski definition) is 1. The van der Waals surface area contributed by atoms with Gasteiger partial charge in [-0.2, -0.15) is 5.26 Å². The Morgan fingerprint density at radius 3 is 2.93 bits per heavy atom. The van der Waals surface area contributed by atoms with E-state index in [1.165, 1.54) is 17.4 Å². The van der Waals surface area contributed by atoms with Gasteiger partial charge in [0.25, 0.3) is 5.91 Å². The summed E-state index contributed by atoms with van der Waals surface area (Å²) < 4.78 is 11.0. The van der Waals surface area contributed by atoms with E-state index in [1.807, 2.05) is 6.07 Å². The van der Waals surface area contributed by atoms with Crippen molar-refractivity contribution in [3.05, 3.63) is 44.1 Å². The van der Waals surface area contributed by atoms with Gasteiger partial charge in [-0.05, 0) is 65.7 Å². The Hall–Kier alpha value is -2.37. The van der Waals surface area contributed by atoms with Gasteiger partial charge < -0.3 is 14.5 Å². The molecule has 1 amide bonds. The Balaban J connectivity index is 1.92. The number of nitrogens with one attached hydrogen (secondary N) is 1. The van der Waals surface area contributed by atoms with E-state index in [2.05, 4.69) is 28.2 Å². The first-order valence-electron chi connectivity index (χ1n) is 8.93. The molecule has 0 bridgehead atoms. The van der Waals surface area contributed by atoms with E-state index in [0.717, 1.165) is 29.7 Å². The second kappa shape index (κ2) is 8.76. The zero-order chi connectivity index (χ0) is 20.3. The minimum absolute atomic E-state index is 0.114. The number of nitriles is 1. The molecular weight excluding hydrogens is 444 g/mol. The smallest absolute Gasteiger partial charge is 0.341 e. The number of amides is 1. The van der Waals surface area contributed by atoms with Crippen molar-refractivity contribution < 1.29 is 18.7 Å². The molecule has 2 aromatic rings. The predicted octanol–water partition coefficient (Wildman–Crippen LogP) is 4.95. The maximum absolute atomic E-state index is 12.7. The molecule has 0 aliphatic heterocycles. The zero-order valence-electron chi connectivity index (χ0n) is 15.5. The Kier molecular flexibility index (Phi) is 6.37. The number of fused-ring (bicyclic) bond motifs is 1. The van der Waals surface area contributed by atoms with Gasteiger partial charge in [0.05, 0.1) is 12.2 Å². The van der Waals surface area contributed by atoms with Crippen LogP contribution >= 0.6 is 27.3 Å². The number of thiophene rings is 1. The lowest BCUT2D eigenvalue weighted by Crippen LogP contribution is -2.17. The lowest BCUT2D eigenvalue weighted by atomic mass is 9.88. The number of furan rings is 1. The standard InChI is InChI=1S/C20H19BrN2O4S/c1-3-26-20(25)17-14-6-4-11(2)8-15(14)28-19(17)23-18(24)12(10-22)9-13-5-7-16(21)27-13/h5,7,9,11H,3-4,6,8H2,1-2H3,(H,23,24)/b12-9+/t11-/m1/s1. The molecule has 6 nitrogen and oxygen atoms in total. The van der Waals surface area contributed by atoms with E-state index in [1.54, 1.807) is 19.1 Å². The summed E-state index contributed by atoms with van der Waals surface area (Å²) in [5.74, 6) is -0.130. The molecule has 1 N–H and O–H groups in total. The SMILES string of the molecule is CCOC(=O)c1c(NC(=O)/C(C#N)=C/c2ccc(Br)o2)sc2c1CC[C@@H](C)C2. The maximum Gasteiger partial charge on any atom is 0.341 e. The summed E-state index contributed by atoms with van der Waals surface area (Å²) in [7, 11) is 0. The van der Waals surface area contributed by atoms with E-state index in [0.29, 0.717) is 26.9 Å². The first kappa shape index (κ1) is 20.4. The van der Waals surface area contributed by atoms with Crippen molar-refractivity contribution in [1.29, 1.82) is 5.26 Å². The lowest BCUT2D eigenvalue weighted by molar-refractivity contribution is -0.112. The van der Waals surface area contributed by atoms with Gasteiger partial charge in [-0.15, -0.1) is 11.3 Å². The third-order valence-electron chi connectivity index (χ3n) is 4.46. The molecule has 0 fully saturated rings. The van der Waals surface area contributed by atoms with Gasteiger partial charge in [0.15, 0.2) is 4.67 Å². The van der Waals surface area contributed by atoms with Gasteiger partial charge in [0.2, 0.25) is 0 Å². The van der Waals surface area contributed by atoms with E-state index in [-0.39, 0.29) is 12.2 Å². The number of hydrogen-bond acceptors (Lipinski definition) is 6. The number of halogens is 1. The van der Waals surface area contributed by atoms with Crippen LogP contribution in [0.15, 0.2) is 26.8 Å². The van der Waals surface area contributed by atoms with Crippen molar-refractivity contribution >= 4 is 50.2 Å². The molecule has 146 valence electrons. The largest absolute Gasteiger partial charge is 0.462 e. The molecule has 1 aliphatic carbocycles. The summed E-state index contributed by atoms with van der Waals surface area (Å²) >= 11 is 4.57. The van der Waals surface area contributed by atoms with Crippen LogP contribution in [0, 0.1) is 17.2 Å². The fourth-order valence-electron chi connectivity index (χ4n) is 3.13. The quantitative estimate of drug-likeness (QED) is 0.385. The van der Waals surface area contributed by atoms with E-state index < -0.39 is 11.9 Å². The topological polar surface area (TPSA) is 92.3 Å². The fraction of sp³-hybridized carbons (Fsp3) is 0.350. The average Bonchev–Trinajstić information content (AvgIpc) is 3.21. The molecule has 0 aromatic carbocycles. The van der Waals surface area contributed by atoms with Crippen molar-refractivity contribution in [3.63, 3.8) is 0 Å². The Morgan fingerprint density at radius 2 is 2.29 bits per heavy atom. The van der Waals surface area contributed by atoms with Gasteiger partial charge >= 0.3 is 5.97 Å². The van der Waals surface area contributed by atoms with Gasteiger partial charge in [-0.1, -0.05) is 6.92 Å². The monoisotopic (exact) mass is 462 g/mol. The molecule has 1 aliphatic rings. The van der Waals surface area contributed by atoms with Crippen LogP contribution in [0.2, 0.25) is 0 Å². The molecule has 0 spiro atoms. The first-order valence-corrected chi connectivity index (χ1v) is 10.5. The number of esters is 1. The molecule has 0 unspecified atom stereocenters. The highest BCUT2D eigenvalue weighted by Gasteiger charge is 2.29. The maximum atomic E-state index is 12.7. The van der Waals surface area contributed by atoms with Crippen molar-refractivity contribution in [2.24, 2.45) is 5.92 Å². The fourth-order valence-corrected chi connectivity index (χ4v) is 4.84. The van der Waals surface area contributed by atoms with Crippen LogP contribution in [0.5, 0.6) is 0 Å². The number of nitrogens with zero attached hydrogens (tertiary/aromatic N) is 1. The number of carbonyl (C=O) groups excluding carboxylic acids is 2. The highest BCUT2D eigenvalue weighted by molar-refractivity contribution is 9.10. The number of ether oxygens (including phenoxy) is 1. The minimum Gasteiger partial charge on any atom is -0.462 e. The van der Waals surface area contributed by atoms with Crippen molar-refractivity contribution in [3.8, 4) is 6.07 Å². The molecule has 0 saturated heterocycles.